The number of nitrogens with zero attached hydrogens (tertiary/aromatic N) is 2. The summed E-state index contributed by atoms with van der Waals surface area (Å²) in [4.78, 5) is 40.8. The normalized spacial score (nSPS) is 19.3. The molecule has 1 atom stereocenters. The number of methoxy groups -OCH3 is 2. The first-order valence-corrected chi connectivity index (χ1v) is 8.95. The Labute approximate surface area is 159 Å². The van der Waals surface area contributed by atoms with Gasteiger partial charge in [0.1, 0.15) is 12.1 Å². The average Bonchev–Trinajstić information content (AvgIpc) is 2.93. The number of carbonyl (C=O) groups is 3. The van der Waals surface area contributed by atoms with Crippen molar-refractivity contribution in [1.29, 1.82) is 0 Å². The number of urea groups is 1. The van der Waals surface area contributed by atoms with E-state index in [1.165, 1.54) is 4.90 Å². The van der Waals surface area contributed by atoms with Crippen molar-refractivity contribution in [2.45, 2.75) is 18.9 Å². The first-order chi connectivity index (χ1) is 13.0. The lowest BCUT2D eigenvalue weighted by molar-refractivity contribution is -0.140. The van der Waals surface area contributed by atoms with Gasteiger partial charge < -0.3 is 19.7 Å². The molecule has 1 heterocycles. The maximum atomic E-state index is 13.1. The molecule has 1 aliphatic heterocycles. The van der Waals surface area contributed by atoms with E-state index >= 15 is 0 Å². The molecule has 8 nitrogen and oxygen atoms in total. The molecule has 148 valence electrons. The molecule has 1 aromatic rings. The third-order valence-electron chi connectivity index (χ3n) is 4.75. The SMILES string of the molecule is CC[C@]1(c2ccccc2)NC(=O)N(CC(=O)N(CCOC)CCOC)C1=O. The molecule has 8 heteroatoms. The van der Waals surface area contributed by atoms with Gasteiger partial charge in [-0.15, -0.1) is 0 Å². The Balaban J connectivity index is 2.17. The fourth-order valence-corrected chi connectivity index (χ4v) is 3.13. The summed E-state index contributed by atoms with van der Waals surface area (Å²) in [5, 5.41) is 2.78. The molecule has 1 saturated heterocycles. The molecule has 27 heavy (non-hydrogen) atoms. The largest absolute Gasteiger partial charge is 0.383 e. The maximum absolute atomic E-state index is 13.1. The first kappa shape index (κ1) is 20.9. The Kier molecular flexibility index (Phi) is 7.32. The second-order valence-corrected chi connectivity index (χ2v) is 6.31. The highest BCUT2D eigenvalue weighted by Crippen LogP contribution is 2.32. The van der Waals surface area contributed by atoms with Crippen LogP contribution in [0.4, 0.5) is 4.79 Å². The van der Waals surface area contributed by atoms with Crippen molar-refractivity contribution in [2.75, 3.05) is 47.1 Å². The Morgan fingerprint density at radius 1 is 1.11 bits per heavy atom. The van der Waals surface area contributed by atoms with Crippen molar-refractivity contribution in [3.63, 3.8) is 0 Å². The third-order valence-corrected chi connectivity index (χ3v) is 4.75. The smallest absolute Gasteiger partial charge is 0.325 e. The quantitative estimate of drug-likeness (QED) is 0.614. The number of ether oxygens (including phenoxy) is 2. The van der Waals surface area contributed by atoms with Gasteiger partial charge in [-0.2, -0.15) is 0 Å². The summed E-state index contributed by atoms with van der Waals surface area (Å²) in [7, 11) is 3.10. The van der Waals surface area contributed by atoms with E-state index in [1.54, 1.807) is 26.4 Å². The maximum Gasteiger partial charge on any atom is 0.325 e. The number of hydrogen-bond acceptors (Lipinski definition) is 5. The number of rotatable bonds is 10. The second-order valence-electron chi connectivity index (χ2n) is 6.31. The zero-order valence-corrected chi connectivity index (χ0v) is 16.1. The molecule has 1 fully saturated rings. The Bertz CT molecular complexity index is 659. The molecular weight excluding hydrogens is 350 g/mol. The van der Waals surface area contributed by atoms with Gasteiger partial charge in [0.15, 0.2) is 0 Å². The molecule has 0 aliphatic carbocycles. The van der Waals surface area contributed by atoms with Gasteiger partial charge in [-0.05, 0) is 12.0 Å². The zero-order valence-electron chi connectivity index (χ0n) is 16.1. The number of nitrogens with one attached hydrogen (secondary N) is 1. The molecule has 4 amide bonds. The van der Waals surface area contributed by atoms with Gasteiger partial charge in [-0.25, -0.2) is 4.79 Å². The lowest BCUT2D eigenvalue weighted by Gasteiger charge is -2.27. The van der Waals surface area contributed by atoms with E-state index in [2.05, 4.69) is 5.32 Å². The monoisotopic (exact) mass is 377 g/mol. The molecule has 0 aromatic heterocycles. The van der Waals surface area contributed by atoms with Gasteiger partial charge in [-0.1, -0.05) is 37.3 Å². The van der Waals surface area contributed by atoms with Crippen LogP contribution in [0.2, 0.25) is 0 Å². The van der Waals surface area contributed by atoms with E-state index in [1.807, 2.05) is 25.1 Å². The van der Waals surface area contributed by atoms with E-state index in [0.29, 0.717) is 38.3 Å². The first-order valence-electron chi connectivity index (χ1n) is 8.95. The van der Waals surface area contributed by atoms with Crippen LogP contribution in [0.3, 0.4) is 0 Å². The minimum Gasteiger partial charge on any atom is -0.383 e. The van der Waals surface area contributed by atoms with Crippen molar-refractivity contribution in [1.82, 2.24) is 15.1 Å². The highest BCUT2D eigenvalue weighted by atomic mass is 16.5. The fourth-order valence-electron chi connectivity index (χ4n) is 3.13. The predicted molar refractivity (Wildman–Crippen MR) is 99.0 cm³/mol. The summed E-state index contributed by atoms with van der Waals surface area (Å²) < 4.78 is 10.1. The van der Waals surface area contributed by atoms with Crippen LogP contribution in [-0.2, 0) is 24.6 Å². The van der Waals surface area contributed by atoms with E-state index in [0.717, 1.165) is 4.90 Å². The molecule has 0 bridgehead atoms. The standard InChI is InChI=1S/C19H27N3O5/c1-4-19(15-8-6-5-7-9-15)17(24)22(18(25)20-19)14-16(23)21(10-12-26-2)11-13-27-3/h5-9H,4,10-14H2,1-3H3,(H,20,25)/t19-/m1/s1. The number of imide groups is 1. The van der Waals surface area contributed by atoms with Gasteiger partial charge in [0.2, 0.25) is 5.91 Å². The van der Waals surface area contributed by atoms with Crippen molar-refractivity contribution in [3.8, 4) is 0 Å². The summed E-state index contributed by atoms with van der Waals surface area (Å²) in [6.45, 7) is 2.96. The number of benzene rings is 1. The molecule has 1 aliphatic rings. The summed E-state index contributed by atoms with van der Waals surface area (Å²) in [6, 6.07) is 8.53. The van der Waals surface area contributed by atoms with Gasteiger partial charge in [0.05, 0.1) is 13.2 Å². The molecule has 0 spiro atoms. The average molecular weight is 377 g/mol. The predicted octanol–water partition coefficient (Wildman–Crippen LogP) is 0.965. The highest BCUT2D eigenvalue weighted by Gasteiger charge is 2.51. The van der Waals surface area contributed by atoms with Crippen molar-refractivity contribution < 1.29 is 23.9 Å². The van der Waals surface area contributed by atoms with Crippen molar-refractivity contribution >= 4 is 17.8 Å². The lowest BCUT2D eigenvalue weighted by atomic mass is 9.87. The van der Waals surface area contributed by atoms with Crippen LogP contribution in [-0.4, -0.2) is 74.7 Å². The van der Waals surface area contributed by atoms with Crippen LogP contribution in [0.15, 0.2) is 30.3 Å². The fraction of sp³-hybridized carbons (Fsp3) is 0.526. The molecule has 2 rings (SSSR count). The summed E-state index contributed by atoms with van der Waals surface area (Å²) in [5.74, 6) is -0.736. The van der Waals surface area contributed by atoms with Gasteiger partial charge in [0.25, 0.3) is 5.91 Å². The number of amides is 4. The molecule has 0 saturated carbocycles. The topological polar surface area (TPSA) is 88.2 Å². The zero-order chi connectivity index (χ0) is 19.9. The van der Waals surface area contributed by atoms with E-state index in [4.69, 9.17) is 9.47 Å². The minimum absolute atomic E-state index is 0.313. The molecule has 0 radical (unpaired) electrons. The van der Waals surface area contributed by atoms with E-state index < -0.39 is 17.5 Å². The summed E-state index contributed by atoms with van der Waals surface area (Å²) >= 11 is 0. The van der Waals surface area contributed by atoms with Crippen LogP contribution < -0.4 is 5.32 Å². The van der Waals surface area contributed by atoms with Gasteiger partial charge >= 0.3 is 6.03 Å². The van der Waals surface area contributed by atoms with Crippen LogP contribution >= 0.6 is 0 Å². The Hall–Kier alpha value is -2.45. The Morgan fingerprint density at radius 3 is 2.22 bits per heavy atom. The highest BCUT2D eigenvalue weighted by molar-refractivity contribution is 6.09. The van der Waals surface area contributed by atoms with Crippen molar-refractivity contribution in [2.24, 2.45) is 0 Å². The van der Waals surface area contributed by atoms with Crippen LogP contribution in [0.1, 0.15) is 18.9 Å². The summed E-state index contributed by atoms with van der Waals surface area (Å²) in [6.07, 6.45) is 0.392. The Morgan fingerprint density at radius 2 is 1.70 bits per heavy atom. The number of carbonyl (C=O) groups excluding carboxylic acids is 3. The van der Waals surface area contributed by atoms with E-state index in [9.17, 15) is 14.4 Å². The lowest BCUT2D eigenvalue weighted by Crippen LogP contribution is -2.46. The van der Waals surface area contributed by atoms with Crippen LogP contribution in [0.25, 0.3) is 0 Å². The van der Waals surface area contributed by atoms with Gasteiger partial charge in [0, 0.05) is 27.3 Å². The van der Waals surface area contributed by atoms with Crippen molar-refractivity contribution in [3.05, 3.63) is 35.9 Å². The molecule has 0 unspecified atom stereocenters. The molecule has 1 N–H and O–H groups in total. The van der Waals surface area contributed by atoms with Crippen LogP contribution in [0, 0.1) is 0 Å². The third kappa shape index (κ3) is 4.45. The summed E-state index contributed by atoms with van der Waals surface area (Å²) in [5.41, 5.74) is -0.431. The molecular formula is C19H27N3O5. The minimum atomic E-state index is -1.14. The number of hydrogen-bond donors (Lipinski definition) is 1. The van der Waals surface area contributed by atoms with Gasteiger partial charge in [-0.3, -0.25) is 14.5 Å². The van der Waals surface area contributed by atoms with E-state index in [-0.39, 0.29) is 12.5 Å². The van der Waals surface area contributed by atoms with Crippen LogP contribution in [0.5, 0.6) is 0 Å². The second kappa shape index (κ2) is 9.48. The molecule has 1 aromatic carbocycles.